The van der Waals surface area contributed by atoms with Gasteiger partial charge in [0, 0.05) is 6.26 Å². The van der Waals surface area contributed by atoms with Crippen LogP contribution in [0.15, 0.2) is 12.7 Å². The molecule has 1 fully saturated rings. The van der Waals surface area contributed by atoms with Gasteiger partial charge in [0.25, 0.3) is 0 Å². The molecule has 0 aliphatic carbocycles. The highest BCUT2D eigenvalue weighted by Gasteiger charge is 2.44. The summed E-state index contributed by atoms with van der Waals surface area (Å²) in [6, 6.07) is 0. The third kappa shape index (κ3) is 2.45. The Morgan fingerprint density at radius 3 is 2.95 bits per heavy atom. The lowest BCUT2D eigenvalue weighted by Gasteiger charge is -2.16. The molecule has 21 heavy (non-hydrogen) atoms. The first-order chi connectivity index (χ1) is 10.1. The summed E-state index contributed by atoms with van der Waals surface area (Å²) in [4.78, 5) is 12.1. The largest absolute Gasteiger partial charge is 0.387 e. The number of nitrogen functional groups attached to an aromatic ring is 1. The molecular formula is C11H15N5O4S. The van der Waals surface area contributed by atoms with Gasteiger partial charge in [-0.15, -0.1) is 0 Å². The number of aliphatic hydroxyl groups excluding tert-OH is 2. The van der Waals surface area contributed by atoms with Crippen LogP contribution in [0.4, 0.5) is 5.82 Å². The quantitative estimate of drug-likeness (QED) is 0.629. The highest BCUT2D eigenvalue weighted by molar-refractivity contribution is 7.93. The Morgan fingerprint density at radius 1 is 1.38 bits per heavy atom. The van der Waals surface area contributed by atoms with Gasteiger partial charge in [-0.25, -0.2) is 15.0 Å². The van der Waals surface area contributed by atoms with Crippen molar-refractivity contribution in [2.75, 3.05) is 18.6 Å². The third-order valence-corrected chi connectivity index (χ3v) is 3.72. The van der Waals surface area contributed by atoms with Gasteiger partial charge in [0.1, 0.15) is 30.2 Å². The monoisotopic (exact) mass is 313 g/mol. The van der Waals surface area contributed by atoms with E-state index in [-0.39, 0.29) is 12.4 Å². The average molecular weight is 313 g/mol. The number of imidazole rings is 1. The van der Waals surface area contributed by atoms with Crippen LogP contribution in [0, 0.1) is 0 Å². The summed E-state index contributed by atoms with van der Waals surface area (Å²) in [5.41, 5.74) is 6.58. The fourth-order valence-corrected chi connectivity index (χ4v) is 2.56. The standard InChI is InChI=1S/C11H15N5O4S/c1-21-19-2-5-7(17)8(18)11(20-5)16-4-15-6-9(12)13-3-14-10(6)16/h3-5,7-8,11,17-18H,2H2,1H3,(H2,12,13,14)/t5-,7-,8-,11-/m1/s1. The van der Waals surface area contributed by atoms with Gasteiger partial charge in [0.15, 0.2) is 17.7 Å². The first-order valence-corrected chi connectivity index (χ1v) is 7.38. The number of rotatable bonds is 4. The topological polar surface area (TPSA) is 129 Å². The van der Waals surface area contributed by atoms with Crippen LogP contribution < -0.4 is 5.73 Å². The average Bonchev–Trinajstić information content (AvgIpc) is 3.02. The highest BCUT2D eigenvalue weighted by atomic mass is 32.2. The Balaban J connectivity index is 1.90. The minimum atomic E-state index is -1.12. The Kier molecular flexibility index (Phi) is 3.95. The fraction of sp³-hybridized carbons (Fsp3) is 0.545. The zero-order valence-corrected chi connectivity index (χ0v) is 12.0. The van der Waals surface area contributed by atoms with E-state index in [9.17, 15) is 10.2 Å². The Labute approximate surface area is 124 Å². The molecule has 0 saturated carbocycles. The van der Waals surface area contributed by atoms with Crippen LogP contribution in [0.1, 0.15) is 6.23 Å². The first kappa shape index (κ1) is 14.5. The summed E-state index contributed by atoms with van der Waals surface area (Å²) in [5.74, 6) is 0.244. The number of aromatic nitrogens is 4. The molecule has 0 spiro atoms. The predicted molar refractivity (Wildman–Crippen MR) is 75.1 cm³/mol. The maximum Gasteiger partial charge on any atom is 0.167 e. The SMILES string of the molecule is CSOC[C@H]1O[C@@H](n2cnc3c(N)ncnc32)[C@H](O)[C@@H]1O. The summed E-state index contributed by atoms with van der Waals surface area (Å²) < 4.78 is 12.4. The molecule has 10 heteroatoms. The van der Waals surface area contributed by atoms with Gasteiger partial charge in [-0.05, 0) is 12.0 Å². The summed E-state index contributed by atoms with van der Waals surface area (Å²) in [7, 11) is 0. The molecule has 1 saturated heterocycles. The summed E-state index contributed by atoms with van der Waals surface area (Å²) >= 11 is 1.17. The van der Waals surface area contributed by atoms with Gasteiger partial charge in [-0.3, -0.25) is 4.57 Å². The van der Waals surface area contributed by atoms with Gasteiger partial charge in [-0.2, -0.15) is 0 Å². The van der Waals surface area contributed by atoms with E-state index in [4.69, 9.17) is 14.7 Å². The Morgan fingerprint density at radius 2 is 2.19 bits per heavy atom. The van der Waals surface area contributed by atoms with Crippen molar-refractivity contribution in [3.8, 4) is 0 Å². The highest BCUT2D eigenvalue weighted by Crippen LogP contribution is 2.32. The van der Waals surface area contributed by atoms with Gasteiger partial charge in [0.2, 0.25) is 0 Å². The molecule has 3 rings (SSSR count). The van der Waals surface area contributed by atoms with Crippen LogP contribution in [0.25, 0.3) is 11.2 Å². The van der Waals surface area contributed by atoms with Crippen molar-refractivity contribution in [2.45, 2.75) is 24.5 Å². The van der Waals surface area contributed by atoms with Crippen LogP contribution >= 0.6 is 12.0 Å². The van der Waals surface area contributed by atoms with Crippen molar-refractivity contribution < 1.29 is 19.1 Å². The number of nitrogens with two attached hydrogens (primary N) is 1. The zero-order valence-electron chi connectivity index (χ0n) is 11.2. The second-order valence-electron chi connectivity index (χ2n) is 4.58. The van der Waals surface area contributed by atoms with Crippen molar-refractivity contribution >= 4 is 29.0 Å². The van der Waals surface area contributed by atoms with Crippen LogP contribution in [0.5, 0.6) is 0 Å². The van der Waals surface area contributed by atoms with Crippen molar-refractivity contribution in [2.24, 2.45) is 0 Å². The van der Waals surface area contributed by atoms with E-state index in [0.29, 0.717) is 11.2 Å². The number of nitrogens with zero attached hydrogens (tertiary/aromatic N) is 4. The third-order valence-electron chi connectivity index (χ3n) is 3.35. The predicted octanol–water partition coefficient (Wildman–Crippen LogP) is -0.678. The summed E-state index contributed by atoms with van der Waals surface area (Å²) in [5, 5.41) is 20.2. The van der Waals surface area contributed by atoms with E-state index in [0.717, 1.165) is 0 Å². The molecule has 4 atom stereocenters. The molecule has 114 valence electrons. The van der Waals surface area contributed by atoms with E-state index < -0.39 is 24.5 Å². The summed E-state index contributed by atoms with van der Waals surface area (Å²) in [6.07, 6.45) is 0.908. The van der Waals surface area contributed by atoms with Gasteiger partial charge in [-0.1, -0.05) is 0 Å². The molecule has 0 amide bonds. The Hall–Kier alpha value is -1.46. The normalized spacial score (nSPS) is 29.3. The van der Waals surface area contributed by atoms with Crippen LogP contribution in [-0.4, -0.2) is 60.9 Å². The molecule has 3 heterocycles. The molecule has 1 aliphatic heterocycles. The molecule has 9 nitrogen and oxygen atoms in total. The van der Waals surface area contributed by atoms with E-state index in [1.165, 1.54) is 29.3 Å². The number of anilines is 1. The number of aliphatic hydroxyl groups is 2. The van der Waals surface area contributed by atoms with Gasteiger partial charge < -0.3 is 24.9 Å². The number of hydrogen-bond donors (Lipinski definition) is 3. The second-order valence-corrected chi connectivity index (χ2v) is 5.15. The van der Waals surface area contributed by atoms with Crippen LogP contribution in [0.2, 0.25) is 0 Å². The second kappa shape index (κ2) is 5.73. The molecule has 0 aromatic carbocycles. The molecule has 0 unspecified atom stereocenters. The van der Waals surface area contributed by atoms with Crippen molar-refractivity contribution in [1.29, 1.82) is 0 Å². The lowest BCUT2D eigenvalue weighted by Crippen LogP contribution is -2.33. The van der Waals surface area contributed by atoms with E-state index in [1.807, 2.05) is 0 Å². The minimum Gasteiger partial charge on any atom is -0.387 e. The maximum absolute atomic E-state index is 10.2. The number of hydrogen-bond acceptors (Lipinski definition) is 9. The van der Waals surface area contributed by atoms with Crippen LogP contribution in [-0.2, 0) is 8.92 Å². The molecule has 0 radical (unpaired) electrons. The van der Waals surface area contributed by atoms with E-state index in [2.05, 4.69) is 15.0 Å². The molecule has 2 aromatic heterocycles. The lowest BCUT2D eigenvalue weighted by atomic mass is 10.1. The number of ether oxygens (including phenoxy) is 1. The van der Waals surface area contributed by atoms with Crippen molar-refractivity contribution in [3.05, 3.63) is 12.7 Å². The fourth-order valence-electron chi connectivity index (χ4n) is 2.29. The lowest BCUT2D eigenvalue weighted by molar-refractivity contribution is -0.0453. The van der Waals surface area contributed by atoms with Gasteiger partial charge >= 0.3 is 0 Å². The van der Waals surface area contributed by atoms with Gasteiger partial charge in [0.05, 0.1) is 12.9 Å². The molecule has 4 N–H and O–H groups in total. The van der Waals surface area contributed by atoms with Crippen molar-refractivity contribution in [1.82, 2.24) is 19.5 Å². The molecule has 0 bridgehead atoms. The van der Waals surface area contributed by atoms with E-state index in [1.54, 1.807) is 6.26 Å². The Bertz CT molecular complexity index is 638. The van der Waals surface area contributed by atoms with Crippen molar-refractivity contribution in [3.63, 3.8) is 0 Å². The maximum atomic E-state index is 10.2. The molecule has 2 aromatic rings. The number of fused-ring (bicyclic) bond motifs is 1. The molecular weight excluding hydrogens is 298 g/mol. The minimum absolute atomic E-state index is 0.166. The summed E-state index contributed by atoms with van der Waals surface area (Å²) in [6.45, 7) is 0.166. The van der Waals surface area contributed by atoms with Crippen LogP contribution in [0.3, 0.4) is 0 Å². The molecule has 1 aliphatic rings. The first-order valence-electron chi connectivity index (χ1n) is 6.23. The smallest absolute Gasteiger partial charge is 0.167 e. The van der Waals surface area contributed by atoms with E-state index >= 15 is 0 Å². The zero-order chi connectivity index (χ0) is 15.0.